The third-order valence-electron chi connectivity index (χ3n) is 4.40. The van der Waals surface area contributed by atoms with Gasteiger partial charge >= 0.3 is 0 Å². The van der Waals surface area contributed by atoms with Crippen molar-refractivity contribution in [3.8, 4) is 0 Å². The zero-order valence-electron chi connectivity index (χ0n) is 17.0. The lowest BCUT2D eigenvalue weighted by Crippen LogP contribution is -2.54. The first-order valence-electron chi connectivity index (χ1n) is 9.45. The Morgan fingerprint density at radius 3 is 2.43 bits per heavy atom. The van der Waals surface area contributed by atoms with Crippen LogP contribution < -0.4 is 16.0 Å². The van der Waals surface area contributed by atoms with Crippen molar-refractivity contribution >= 4 is 29.1 Å². The van der Waals surface area contributed by atoms with E-state index in [2.05, 4.69) is 5.32 Å². The molecule has 0 unspecified atom stereocenters. The van der Waals surface area contributed by atoms with Crippen LogP contribution in [0.3, 0.4) is 0 Å². The third kappa shape index (κ3) is 5.77. The van der Waals surface area contributed by atoms with E-state index in [4.69, 9.17) is 10.5 Å². The zero-order chi connectivity index (χ0) is 20.9. The second-order valence-electron chi connectivity index (χ2n) is 8.06. The van der Waals surface area contributed by atoms with Gasteiger partial charge in [0.2, 0.25) is 5.91 Å². The van der Waals surface area contributed by atoms with E-state index in [0.717, 1.165) is 5.69 Å². The van der Waals surface area contributed by atoms with E-state index >= 15 is 0 Å². The number of carbonyl (C=O) groups is 3. The molecule has 0 aliphatic carbocycles. The summed E-state index contributed by atoms with van der Waals surface area (Å²) < 4.78 is 5.13. The molecule has 3 N–H and O–H groups in total. The highest BCUT2D eigenvalue weighted by atomic mass is 16.5. The molecule has 3 amide bonds. The van der Waals surface area contributed by atoms with Crippen molar-refractivity contribution in [1.82, 2.24) is 4.90 Å². The van der Waals surface area contributed by atoms with Gasteiger partial charge in [-0.1, -0.05) is 27.7 Å². The number of likely N-dealkylation sites (N-methyl/N-ethyl adjacent to an activating group) is 1. The number of hydrogen-bond donors (Lipinski definition) is 2. The number of nitrogens with two attached hydrogens (primary N) is 1. The minimum Gasteiger partial charge on any atom is -0.370 e. The van der Waals surface area contributed by atoms with Gasteiger partial charge in [0, 0.05) is 24.5 Å². The summed E-state index contributed by atoms with van der Waals surface area (Å²) in [5.41, 5.74) is 6.71. The molecule has 1 aromatic carbocycles. The maximum atomic E-state index is 12.7. The minimum absolute atomic E-state index is 0.0689. The first-order valence-corrected chi connectivity index (χ1v) is 9.45. The van der Waals surface area contributed by atoms with Crippen molar-refractivity contribution < 1.29 is 19.1 Å². The lowest BCUT2D eigenvalue weighted by molar-refractivity contribution is -0.133. The monoisotopic (exact) mass is 390 g/mol. The highest BCUT2D eigenvalue weighted by molar-refractivity contribution is 6.09. The highest BCUT2D eigenvalue weighted by Gasteiger charge is 2.32. The molecule has 1 aliphatic heterocycles. The van der Waals surface area contributed by atoms with Gasteiger partial charge in [0.05, 0.1) is 6.61 Å². The van der Waals surface area contributed by atoms with E-state index in [1.54, 1.807) is 34.1 Å². The molecule has 28 heavy (non-hydrogen) atoms. The second-order valence-corrected chi connectivity index (χ2v) is 8.06. The van der Waals surface area contributed by atoms with Gasteiger partial charge < -0.3 is 20.7 Å². The fourth-order valence-corrected chi connectivity index (χ4v) is 3.20. The number of rotatable bonds is 7. The highest BCUT2D eigenvalue weighted by Crippen LogP contribution is 2.21. The van der Waals surface area contributed by atoms with Gasteiger partial charge in [0.1, 0.15) is 6.61 Å². The van der Waals surface area contributed by atoms with E-state index < -0.39 is 17.9 Å². The van der Waals surface area contributed by atoms with E-state index in [1.165, 1.54) is 0 Å². The molecule has 0 bridgehead atoms. The predicted molar refractivity (Wildman–Crippen MR) is 108 cm³/mol. The van der Waals surface area contributed by atoms with E-state index in [-0.39, 0.29) is 17.9 Å². The summed E-state index contributed by atoms with van der Waals surface area (Å²) in [6, 6.07) is 5.86. The number of carbonyl (C=O) groups excluding carboxylic acids is 3. The molecule has 8 nitrogen and oxygen atoms in total. The van der Waals surface area contributed by atoms with Crippen molar-refractivity contribution in [3.63, 3.8) is 0 Å². The largest absolute Gasteiger partial charge is 0.370 e. The minimum atomic E-state index is -1.05. The van der Waals surface area contributed by atoms with Crippen molar-refractivity contribution in [2.75, 3.05) is 43.1 Å². The average Bonchev–Trinajstić information content (AvgIpc) is 2.61. The molecule has 1 saturated heterocycles. The Morgan fingerprint density at radius 1 is 1.29 bits per heavy atom. The van der Waals surface area contributed by atoms with Crippen molar-refractivity contribution in [3.05, 3.63) is 24.3 Å². The Hall–Kier alpha value is -2.45. The first kappa shape index (κ1) is 21.8. The smallest absolute Gasteiger partial charge is 0.253 e. The molecule has 1 fully saturated rings. The molecule has 1 aromatic rings. The van der Waals surface area contributed by atoms with Crippen LogP contribution in [-0.2, 0) is 19.1 Å². The summed E-state index contributed by atoms with van der Waals surface area (Å²) in [6.07, 6.45) is 0. The Labute approximate surface area is 166 Å². The average molecular weight is 390 g/mol. The molecule has 154 valence electrons. The SMILES string of the molecule is CCN(CC(C)(C)C)[C@H](C(N)=O)C(=O)Nc1ccc(N2CCOCC2=O)cc1. The quantitative estimate of drug-likeness (QED) is 0.681. The van der Waals surface area contributed by atoms with Gasteiger partial charge in [-0.25, -0.2) is 0 Å². The van der Waals surface area contributed by atoms with Gasteiger partial charge in [0.15, 0.2) is 6.04 Å². The van der Waals surface area contributed by atoms with Crippen molar-refractivity contribution in [2.24, 2.45) is 11.1 Å². The number of ether oxygens (including phenoxy) is 1. The predicted octanol–water partition coefficient (Wildman–Crippen LogP) is 1.21. The Bertz CT molecular complexity index is 712. The lowest BCUT2D eigenvalue weighted by Gasteiger charge is -2.33. The molecular formula is C20H30N4O4. The van der Waals surface area contributed by atoms with Crippen LogP contribution in [-0.4, -0.2) is 61.5 Å². The van der Waals surface area contributed by atoms with Crippen LogP contribution in [0.25, 0.3) is 0 Å². The number of benzene rings is 1. The van der Waals surface area contributed by atoms with Gasteiger partial charge in [-0.2, -0.15) is 0 Å². The Balaban J connectivity index is 2.10. The van der Waals surface area contributed by atoms with Crippen LogP contribution in [0.5, 0.6) is 0 Å². The maximum Gasteiger partial charge on any atom is 0.253 e. The standard InChI is InChI=1S/C20H30N4O4/c1-5-23(13-20(2,3)4)17(18(21)26)19(27)22-14-6-8-15(9-7-14)24-10-11-28-12-16(24)25/h6-9,17H,5,10-13H2,1-4H3,(H2,21,26)(H,22,27)/t17-/m1/s1. The second kappa shape index (κ2) is 9.16. The third-order valence-corrected chi connectivity index (χ3v) is 4.40. The number of primary amides is 1. The number of hydrogen-bond acceptors (Lipinski definition) is 5. The van der Waals surface area contributed by atoms with Crippen LogP contribution in [0.2, 0.25) is 0 Å². The summed E-state index contributed by atoms with van der Waals surface area (Å²) in [6.45, 7) is 10.1. The summed E-state index contributed by atoms with van der Waals surface area (Å²) in [4.78, 5) is 40.1. The van der Waals surface area contributed by atoms with Crippen molar-refractivity contribution in [2.45, 2.75) is 33.7 Å². The van der Waals surface area contributed by atoms with Gasteiger partial charge in [-0.15, -0.1) is 0 Å². The van der Waals surface area contributed by atoms with Crippen molar-refractivity contribution in [1.29, 1.82) is 0 Å². The van der Waals surface area contributed by atoms with Crippen LogP contribution in [0, 0.1) is 5.41 Å². The summed E-state index contributed by atoms with van der Waals surface area (Å²) >= 11 is 0. The maximum absolute atomic E-state index is 12.7. The molecular weight excluding hydrogens is 360 g/mol. The van der Waals surface area contributed by atoms with Gasteiger partial charge in [-0.3, -0.25) is 19.3 Å². The molecule has 2 rings (SSSR count). The number of anilines is 2. The summed E-state index contributed by atoms with van der Waals surface area (Å²) in [7, 11) is 0. The molecule has 1 heterocycles. The topological polar surface area (TPSA) is 105 Å². The number of nitrogens with zero attached hydrogens (tertiary/aromatic N) is 2. The molecule has 1 aliphatic rings. The van der Waals surface area contributed by atoms with E-state index in [1.807, 2.05) is 27.7 Å². The zero-order valence-corrected chi connectivity index (χ0v) is 17.0. The fraction of sp³-hybridized carbons (Fsp3) is 0.550. The molecule has 1 atom stereocenters. The first-order chi connectivity index (χ1) is 13.1. The van der Waals surface area contributed by atoms with Gasteiger partial charge in [-0.05, 0) is 36.2 Å². The molecule has 0 aromatic heterocycles. The number of morpholine rings is 1. The van der Waals surface area contributed by atoms with Crippen LogP contribution in [0.4, 0.5) is 11.4 Å². The van der Waals surface area contributed by atoms with E-state index in [0.29, 0.717) is 31.9 Å². The summed E-state index contributed by atoms with van der Waals surface area (Å²) in [5, 5.41) is 2.76. The van der Waals surface area contributed by atoms with E-state index in [9.17, 15) is 14.4 Å². The molecule has 0 saturated carbocycles. The van der Waals surface area contributed by atoms with Crippen LogP contribution in [0.15, 0.2) is 24.3 Å². The Morgan fingerprint density at radius 2 is 1.93 bits per heavy atom. The Kier molecular flexibility index (Phi) is 7.15. The number of amides is 3. The lowest BCUT2D eigenvalue weighted by atomic mass is 9.95. The summed E-state index contributed by atoms with van der Waals surface area (Å²) in [5.74, 6) is -1.24. The normalized spacial score (nSPS) is 16.2. The fourth-order valence-electron chi connectivity index (χ4n) is 3.20. The molecule has 8 heteroatoms. The van der Waals surface area contributed by atoms with Crippen LogP contribution >= 0.6 is 0 Å². The van der Waals surface area contributed by atoms with Gasteiger partial charge in [0.25, 0.3) is 11.8 Å². The molecule has 0 radical (unpaired) electrons. The number of nitrogens with one attached hydrogen (secondary N) is 1. The molecule has 0 spiro atoms. The van der Waals surface area contributed by atoms with Crippen LogP contribution in [0.1, 0.15) is 27.7 Å².